The summed E-state index contributed by atoms with van der Waals surface area (Å²) >= 11 is 1.84. The molecule has 1 aliphatic rings. The van der Waals surface area contributed by atoms with Crippen molar-refractivity contribution in [3.8, 4) is 0 Å². The standard InChI is InChI=1S/C15H21FN2O2S/c1-21-15(5-3-2-4-6-15)9-18-13-8-11(16)10(14(19)20)7-12(13)17/h7-8,18H,2-6,9,17H2,1H3,(H,19,20). The first kappa shape index (κ1) is 15.9. The summed E-state index contributed by atoms with van der Waals surface area (Å²) in [6.45, 7) is 0.713. The SMILES string of the molecule is CSC1(CNc2cc(F)c(C(=O)O)cc2N)CCCCC1. The summed E-state index contributed by atoms with van der Waals surface area (Å²) in [5.41, 5.74) is 6.17. The van der Waals surface area contributed by atoms with Crippen LogP contribution in [0.1, 0.15) is 42.5 Å². The molecule has 21 heavy (non-hydrogen) atoms. The molecule has 116 valence electrons. The molecule has 0 heterocycles. The molecule has 1 aliphatic carbocycles. The number of thioether (sulfide) groups is 1. The van der Waals surface area contributed by atoms with Gasteiger partial charge in [-0.15, -0.1) is 0 Å². The predicted molar refractivity (Wildman–Crippen MR) is 85.6 cm³/mol. The van der Waals surface area contributed by atoms with Crippen molar-refractivity contribution in [2.45, 2.75) is 36.9 Å². The molecule has 0 saturated heterocycles. The number of aromatic carboxylic acids is 1. The zero-order valence-corrected chi connectivity index (χ0v) is 12.9. The highest BCUT2D eigenvalue weighted by Gasteiger charge is 2.31. The Balaban J connectivity index is 2.12. The van der Waals surface area contributed by atoms with Gasteiger partial charge in [0.25, 0.3) is 0 Å². The van der Waals surface area contributed by atoms with E-state index < -0.39 is 17.3 Å². The van der Waals surface area contributed by atoms with Gasteiger partial charge in [0.1, 0.15) is 5.82 Å². The molecule has 0 spiro atoms. The molecule has 1 saturated carbocycles. The maximum atomic E-state index is 13.7. The zero-order valence-electron chi connectivity index (χ0n) is 12.1. The summed E-state index contributed by atoms with van der Waals surface area (Å²) in [7, 11) is 0. The van der Waals surface area contributed by atoms with Gasteiger partial charge >= 0.3 is 5.97 Å². The smallest absolute Gasteiger partial charge is 0.338 e. The number of hydrogen-bond acceptors (Lipinski definition) is 4. The molecule has 0 aromatic heterocycles. The van der Waals surface area contributed by atoms with E-state index in [-0.39, 0.29) is 10.4 Å². The Morgan fingerprint density at radius 3 is 2.67 bits per heavy atom. The van der Waals surface area contributed by atoms with Crippen molar-refractivity contribution in [3.63, 3.8) is 0 Å². The van der Waals surface area contributed by atoms with E-state index in [9.17, 15) is 9.18 Å². The fourth-order valence-corrected chi connectivity index (χ4v) is 3.73. The number of carboxylic acid groups (broad SMARTS) is 1. The van der Waals surface area contributed by atoms with Crippen molar-refractivity contribution in [2.24, 2.45) is 0 Å². The van der Waals surface area contributed by atoms with Gasteiger partial charge in [-0.05, 0) is 31.2 Å². The second-order valence-electron chi connectivity index (χ2n) is 5.53. The quantitative estimate of drug-likeness (QED) is 0.725. The second-order valence-corrected chi connectivity index (χ2v) is 6.80. The number of anilines is 2. The molecule has 1 aromatic rings. The summed E-state index contributed by atoms with van der Waals surface area (Å²) in [5, 5.41) is 12.1. The number of nitrogen functional groups attached to an aromatic ring is 1. The summed E-state index contributed by atoms with van der Waals surface area (Å²) in [4.78, 5) is 10.9. The van der Waals surface area contributed by atoms with Crippen molar-refractivity contribution in [3.05, 3.63) is 23.5 Å². The third-order valence-electron chi connectivity index (χ3n) is 4.17. The van der Waals surface area contributed by atoms with Gasteiger partial charge in [0.2, 0.25) is 0 Å². The Bertz CT molecular complexity index is 531. The molecular weight excluding hydrogens is 291 g/mol. The van der Waals surface area contributed by atoms with Gasteiger partial charge in [0.15, 0.2) is 0 Å². The molecular formula is C15H21FN2O2S. The van der Waals surface area contributed by atoms with Crippen molar-refractivity contribution in [2.75, 3.05) is 23.9 Å². The Morgan fingerprint density at radius 2 is 2.10 bits per heavy atom. The second kappa shape index (κ2) is 6.56. The number of nitrogens with two attached hydrogens (primary N) is 1. The average Bonchev–Trinajstić information content (AvgIpc) is 2.48. The lowest BCUT2D eigenvalue weighted by Crippen LogP contribution is -2.35. The summed E-state index contributed by atoms with van der Waals surface area (Å²) in [6, 6.07) is 2.35. The van der Waals surface area contributed by atoms with Crippen LogP contribution >= 0.6 is 11.8 Å². The van der Waals surface area contributed by atoms with E-state index in [1.165, 1.54) is 31.4 Å². The van der Waals surface area contributed by atoms with Crippen molar-refractivity contribution >= 4 is 29.1 Å². The molecule has 4 N–H and O–H groups in total. The van der Waals surface area contributed by atoms with Crippen LogP contribution in [-0.4, -0.2) is 28.6 Å². The molecule has 6 heteroatoms. The highest BCUT2D eigenvalue weighted by molar-refractivity contribution is 8.00. The minimum Gasteiger partial charge on any atom is -0.478 e. The van der Waals surface area contributed by atoms with Crippen LogP contribution < -0.4 is 11.1 Å². The lowest BCUT2D eigenvalue weighted by Gasteiger charge is -2.36. The fourth-order valence-electron chi connectivity index (χ4n) is 2.81. The molecule has 0 unspecified atom stereocenters. The molecule has 4 nitrogen and oxygen atoms in total. The number of rotatable bonds is 5. The topological polar surface area (TPSA) is 75.3 Å². The molecule has 0 radical (unpaired) electrons. The third kappa shape index (κ3) is 3.61. The number of carbonyl (C=O) groups is 1. The Hall–Kier alpha value is -1.43. The normalized spacial score (nSPS) is 17.4. The first-order valence-corrected chi connectivity index (χ1v) is 8.31. The van der Waals surface area contributed by atoms with E-state index in [4.69, 9.17) is 10.8 Å². The molecule has 0 aliphatic heterocycles. The number of carboxylic acids is 1. The van der Waals surface area contributed by atoms with Crippen molar-refractivity contribution in [1.82, 2.24) is 0 Å². The monoisotopic (exact) mass is 312 g/mol. The summed E-state index contributed by atoms with van der Waals surface area (Å²) in [5.74, 6) is -2.07. The van der Waals surface area contributed by atoms with Gasteiger partial charge in [-0.2, -0.15) is 11.8 Å². The predicted octanol–water partition coefficient (Wildman–Crippen LogP) is 3.58. The molecule has 1 fully saturated rings. The average molecular weight is 312 g/mol. The van der Waals surface area contributed by atoms with E-state index in [0.29, 0.717) is 12.2 Å². The minimum absolute atomic E-state index is 0.159. The van der Waals surface area contributed by atoms with E-state index in [1.54, 1.807) is 0 Å². The zero-order chi connectivity index (χ0) is 15.5. The van der Waals surface area contributed by atoms with Gasteiger partial charge in [0.05, 0.1) is 16.9 Å². The first-order chi connectivity index (χ1) is 9.97. The van der Waals surface area contributed by atoms with Crippen LogP contribution in [-0.2, 0) is 0 Å². The number of nitrogens with one attached hydrogen (secondary N) is 1. The van der Waals surface area contributed by atoms with Crippen molar-refractivity contribution < 1.29 is 14.3 Å². The fraction of sp³-hybridized carbons (Fsp3) is 0.533. The Kier molecular flexibility index (Phi) is 4.98. The molecule has 0 atom stereocenters. The van der Waals surface area contributed by atoms with E-state index in [2.05, 4.69) is 11.6 Å². The van der Waals surface area contributed by atoms with Crippen LogP contribution in [0.2, 0.25) is 0 Å². The number of halogens is 1. The van der Waals surface area contributed by atoms with Gasteiger partial charge in [0, 0.05) is 11.3 Å². The van der Waals surface area contributed by atoms with Gasteiger partial charge in [-0.1, -0.05) is 19.3 Å². The van der Waals surface area contributed by atoms with Crippen LogP contribution in [0.25, 0.3) is 0 Å². The van der Waals surface area contributed by atoms with Crippen LogP contribution in [0.4, 0.5) is 15.8 Å². The van der Waals surface area contributed by atoms with Crippen molar-refractivity contribution in [1.29, 1.82) is 0 Å². The van der Waals surface area contributed by atoms with Crippen LogP contribution in [0.3, 0.4) is 0 Å². The number of hydrogen-bond donors (Lipinski definition) is 3. The number of benzene rings is 1. The highest BCUT2D eigenvalue weighted by Crippen LogP contribution is 2.39. The first-order valence-electron chi connectivity index (χ1n) is 7.09. The summed E-state index contributed by atoms with van der Waals surface area (Å²) in [6.07, 6.45) is 8.07. The van der Waals surface area contributed by atoms with E-state index in [1.807, 2.05) is 11.8 Å². The van der Waals surface area contributed by atoms with Gasteiger partial charge in [-0.25, -0.2) is 9.18 Å². The van der Waals surface area contributed by atoms with Crippen LogP contribution in [0.5, 0.6) is 0 Å². The highest BCUT2D eigenvalue weighted by atomic mass is 32.2. The van der Waals surface area contributed by atoms with Gasteiger partial charge < -0.3 is 16.2 Å². The maximum Gasteiger partial charge on any atom is 0.338 e. The maximum absolute atomic E-state index is 13.7. The molecule has 2 rings (SSSR count). The largest absolute Gasteiger partial charge is 0.478 e. The van der Waals surface area contributed by atoms with E-state index >= 15 is 0 Å². The van der Waals surface area contributed by atoms with Crippen LogP contribution in [0, 0.1) is 5.82 Å². The lowest BCUT2D eigenvalue weighted by molar-refractivity contribution is 0.0692. The van der Waals surface area contributed by atoms with Crippen LogP contribution in [0.15, 0.2) is 12.1 Å². The molecule has 1 aromatic carbocycles. The molecule has 0 bridgehead atoms. The molecule has 0 amide bonds. The van der Waals surface area contributed by atoms with E-state index in [0.717, 1.165) is 12.8 Å². The third-order valence-corrected chi connectivity index (χ3v) is 5.59. The van der Waals surface area contributed by atoms with Gasteiger partial charge in [-0.3, -0.25) is 0 Å². The minimum atomic E-state index is -1.31. The Morgan fingerprint density at radius 1 is 1.43 bits per heavy atom. The summed E-state index contributed by atoms with van der Waals surface area (Å²) < 4.78 is 13.9. The Labute approximate surface area is 128 Å². The lowest BCUT2D eigenvalue weighted by atomic mass is 9.88.